The van der Waals surface area contributed by atoms with Crippen molar-refractivity contribution in [2.45, 2.75) is 98.3 Å². The summed E-state index contributed by atoms with van der Waals surface area (Å²) in [6, 6.07) is 13.3. The first-order valence-corrected chi connectivity index (χ1v) is 18.1. The number of aliphatic hydroxyl groups excluding tert-OH is 1. The molecule has 0 bridgehead atoms. The van der Waals surface area contributed by atoms with E-state index in [1.807, 2.05) is 43.3 Å². The molecule has 0 spiro atoms. The maximum atomic E-state index is 13.8. The van der Waals surface area contributed by atoms with Crippen LogP contribution in [0.1, 0.15) is 113 Å². The summed E-state index contributed by atoms with van der Waals surface area (Å²) in [5.41, 5.74) is 5.23. The van der Waals surface area contributed by atoms with Crippen molar-refractivity contribution in [3.05, 3.63) is 94.4 Å². The predicted octanol–water partition coefficient (Wildman–Crippen LogP) is 8.92. The van der Waals surface area contributed by atoms with Gasteiger partial charge >= 0.3 is 0 Å². The molecule has 4 rings (SSSR count). The van der Waals surface area contributed by atoms with Crippen molar-refractivity contribution in [3.63, 3.8) is 0 Å². The van der Waals surface area contributed by atoms with Gasteiger partial charge in [0, 0.05) is 29.9 Å². The van der Waals surface area contributed by atoms with E-state index in [1.165, 1.54) is 51.4 Å². The molecule has 0 saturated carbocycles. The highest BCUT2D eigenvalue weighted by atomic mass is 16.5. The molecule has 48 heavy (non-hydrogen) atoms. The number of Topliss-reactive ketones (excluding diaryl/α,β-unsaturated/α-hetero) is 1. The van der Waals surface area contributed by atoms with Crippen molar-refractivity contribution in [1.29, 1.82) is 0 Å². The van der Waals surface area contributed by atoms with Gasteiger partial charge in [-0.1, -0.05) is 102 Å². The molecule has 0 saturated heterocycles. The molecule has 2 aliphatic rings. The molecule has 0 aromatic heterocycles. The molecule has 0 aliphatic heterocycles. The van der Waals surface area contributed by atoms with Gasteiger partial charge in [0.15, 0.2) is 5.78 Å². The number of aliphatic imine (C=N–C) groups is 1. The van der Waals surface area contributed by atoms with Gasteiger partial charge in [0.05, 0.1) is 35.9 Å². The van der Waals surface area contributed by atoms with E-state index in [9.17, 15) is 14.7 Å². The van der Waals surface area contributed by atoms with Crippen LogP contribution < -0.4 is 10.2 Å². The molecule has 2 N–H and O–H groups in total. The van der Waals surface area contributed by atoms with E-state index in [1.54, 1.807) is 12.1 Å². The second-order valence-corrected chi connectivity index (χ2v) is 13.1. The van der Waals surface area contributed by atoms with Gasteiger partial charge in [-0.25, -0.2) is 4.99 Å². The number of nitrogens with zero attached hydrogens (tertiary/aromatic N) is 2. The molecule has 1 unspecified atom stereocenters. The Balaban J connectivity index is 1.46. The molecule has 0 heterocycles. The van der Waals surface area contributed by atoms with Gasteiger partial charge in [-0.05, 0) is 68.5 Å². The number of aryl methyl sites for hydroxylation is 1. The van der Waals surface area contributed by atoms with Crippen LogP contribution >= 0.6 is 0 Å². The molecule has 2 aliphatic carbocycles. The van der Waals surface area contributed by atoms with Crippen LogP contribution in [0.15, 0.2) is 82.7 Å². The van der Waals surface area contributed by atoms with E-state index < -0.39 is 5.91 Å². The number of ether oxygens (including phenoxy) is 1. The lowest BCUT2D eigenvalue weighted by Gasteiger charge is -2.23. The van der Waals surface area contributed by atoms with Crippen LogP contribution in [-0.2, 0) is 9.53 Å². The van der Waals surface area contributed by atoms with Gasteiger partial charge in [0.25, 0.3) is 5.91 Å². The first-order valence-electron chi connectivity index (χ1n) is 18.1. The predicted molar refractivity (Wildman–Crippen MR) is 197 cm³/mol. The highest BCUT2D eigenvalue weighted by Gasteiger charge is 2.30. The molecule has 1 atom stereocenters. The Morgan fingerprint density at radius 3 is 2.33 bits per heavy atom. The Morgan fingerprint density at radius 2 is 1.67 bits per heavy atom. The number of anilines is 1. The first kappa shape index (κ1) is 36.9. The zero-order valence-electron chi connectivity index (χ0n) is 29.5. The summed E-state index contributed by atoms with van der Waals surface area (Å²) < 4.78 is 6.18. The number of allylic oxidation sites excluding steroid dienone is 4. The highest BCUT2D eigenvalue weighted by Crippen LogP contribution is 2.30. The lowest BCUT2D eigenvalue weighted by Crippen LogP contribution is -2.33. The standard InChI is InChI=1S/C41H55N3O4/c1-5-7-8-9-10-11-12-13-14-17-26-48-39-23-20-30(3)27-38(39)43-41(47)35-29-37(33-18-15-16-19-34(33)40(35)46)42-36-22-21-32(28-31(36)4)44(6-2)24-25-45/h15-16,18-23,28-30,45H,5-14,17,24-27H2,1-4H3,(H,43,47). The minimum atomic E-state index is -0.450. The van der Waals surface area contributed by atoms with Crippen LogP contribution in [0.3, 0.4) is 0 Å². The van der Waals surface area contributed by atoms with Crippen LogP contribution in [0.4, 0.5) is 11.4 Å². The van der Waals surface area contributed by atoms with E-state index in [2.05, 4.69) is 43.1 Å². The van der Waals surface area contributed by atoms with Gasteiger partial charge in [-0.2, -0.15) is 0 Å². The van der Waals surface area contributed by atoms with Gasteiger partial charge in [0.2, 0.25) is 0 Å². The molecule has 0 fully saturated rings. The quantitative estimate of drug-likeness (QED) is 0.117. The Labute approximate surface area is 287 Å². The average molecular weight is 654 g/mol. The van der Waals surface area contributed by atoms with Crippen molar-refractivity contribution in [2.75, 3.05) is 31.2 Å². The van der Waals surface area contributed by atoms with E-state index >= 15 is 0 Å². The van der Waals surface area contributed by atoms with Crippen LogP contribution in [0.2, 0.25) is 0 Å². The third kappa shape index (κ3) is 10.3. The number of rotatable bonds is 19. The average Bonchev–Trinajstić information content (AvgIpc) is 3.09. The molecule has 2 aromatic carbocycles. The van der Waals surface area contributed by atoms with Crippen molar-refractivity contribution in [1.82, 2.24) is 5.32 Å². The number of ketones is 1. The molecule has 1 amide bonds. The third-order valence-electron chi connectivity index (χ3n) is 9.18. The maximum absolute atomic E-state index is 13.8. The van der Waals surface area contributed by atoms with Gasteiger partial charge in [-0.15, -0.1) is 0 Å². The van der Waals surface area contributed by atoms with Gasteiger partial charge in [0.1, 0.15) is 5.76 Å². The molecule has 2 aromatic rings. The summed E-state index contributed by atoms with van der Waals surface area (Å²) in [5.74, 6) is 0.151. The number of hydrogen-bond donors (Lipinski definition) is 2. The number of nitrogens with one attached hydrogen (secondary N) is 1. The fourth-order valence-electron chi connectivity index (χ4n) is 6.34. The number of amides is 1. The second-order valence-electron chi connectivity index (χ2n) is 13.1. The number of likely N-dealkylation sites (N-methyl/N-ethyl adjacent to an activating group) is 1. The number of unbranched alkanes of at least 4 members (excludes halogenated alkanes) is 9. The van der Waals surface area contributed by atoms with Crippen molar-refractivity contribution in [2.24, 2.45) is 10.9 Å². The van der Waals surface area contributed by atoms with E-state index in [-0.39, 0.29) is 23.9 Å². The number of benzene rings is 2. The Kier molecular flexibility index (Phi) is 14.7. The maximum Gasteiger partial charge on any atom is 0.259 e. The highest BCUT2D eigenvalue weighted by molar-refractivity contribution is 6.35. The fraction of sp³-hybridized carbons (Fsp3) is 0.488. The third-order valence-corrected chi connectivity index (χ3v) is 9.18. The number of hydrogen-bond acceptors (Lipinski definition) is 6. The number of fused-ring (bicyclic) bond motifs is 1. The zero-order valence-corrected chi connectivity index (χ0v) is 29.5. The normalized spacial score (nSPS) is 16.6. The van der Waals surface area contributed by atoms with Crippen LogP contribution in [0, 0.1) is 12.8 Å². The molecule has 7 heteroatoms. The summed E-state index contributed by atoms with van der Waals surface area (Å²) in [5, 5.41) is 12.5. The van der Waals surface area contributed by atoms with Crippen molar-refractivity contribution in [3.8, 4) is 0 Å². The molecule has 7 nitrogen and oxygen atoms in total. The molecular formula is C41H55N3O4. The van der Waals surface area contributed by atoms with Crippen molar-refractivity contribution >= 4 is 28.8 Å². The lowest BCUT2D eigenvalue weighted by atomic mass is 9.88. The topological polar surface area (TPSA) is 91.2 Å². The van der Waals surface area contributed by atoms with E-state index in [0.717, 1.165) is 36.3 Å². The van der Waals surface area contributed by atoms with Gasteiger partial charge < -0.3 is 20.1 Å². The molecule has 258 valence electrons. The van der Waals surface area contributed by atoms with Crippen molar-refractivity contribution < 1.29 is 19.4 Å². The Hall–Kier alpha value is -3.97. The number of carbonyl (C=O) groups is 2. The number of carbonyl (C=O) groups excluding carboxylic acids is 2. The number of aliphatic hydroxyl groups is 1. The Morgan fingerprint density at radius 1 is 0.979 bits per heavy atom. The zero-order chi connectivity index (χ0) is 34.3. The minimum absolute atomic E-state index is 0.0607. The van der Waals surface area contributed by atoms with E-state index in [4.69, 9.17) is 9.73 Å². The largest absolute Gasteiger partial charge is 0.492 e. The van der Waals surface area contributed by atoms with Gasteiger partial charge in [-0.3, -0.25) is 9.59 Å². The SMILES string of the molecule is CCCCCCCCCCCCOC1=C(NC(=O)C2=CC(=Nc3ccc(N(CC)CCO)cc3C)c3ccccc3C2=O)CC(C)C=C1. The molecule has 0 radical (unpaired) electrons. The van der Waals surface area contributed by atoms with Crippen LogP contribution in [0.25, 0.3) is 0 Å². The first-order chi connectivity index (χ1) is 23.4. The fourth-order valence-corrected chi connectivity index (χ4v) is 6.34. The summed E-state index contributed by atoms with van der Waals surface area (Å²) in [6.07, 6.45) is 18.9. The molecular weight excluding hydrogens is 598 g/mol. The van der Waals surface area contributed by atoms with E-state index in [0.29, 0.717) is 47.9 Å². The second kappa shape index (κ2) is 19.1. The summed E-state index contributed by atoms with van der Waals surface area (Å²) in [6.45, 7) is 10.4. The summed E-state index contributed by atoms with van der Waals surface area (Å²) >= 11 is 0. The van der Waals surface area contributed by atoms with Crippen LogP contribution in [0.5, 0.6) is 0 Å². The lowest BCUT2D eigenvalue weighted by molar-refractivity contribution is -0.116. The Bertz CT molecular complexity index is 1520. The smallest absolute Gasteiger partial charge is 0.259 e. The minimum Gasteiger partial charge on any atom is -0.492 e. The summed E-state index contributed by atoms with van der Waals surface area (Å²) in [4.78, 5) is 34.5. The monoisotopic (exact) mass is 653 g/mol. The summed E-state index contributed by atoms with van der Waals surface area (Å²) in [7, 11) is 0. The van der Waals surface area contributed by atoms with Crippen LogP contribution in [-0.4, -0.2) is 48.8 Å².